The van der Waals surface area contributed by atoms with Gasteiger partial charge in [0.2, 0.25) is 0 Å². The van der Waals surface area contributed by atoms with Crippen LogP contribution in [0.25, 0.3) is 0 Å². The van der Waals surface area contributed by atoms with Crippen molar-refractivity contribution in [1.82, 2.24) is 0 Å². The van der Waals surface area contributed by atoms with Gasteiger partial charge in [0.05, 0.1) is 12.7 Å². The monoisotopic (exact) mass is 264 g/mol. The topological polar surface area (TPSA) is 64.3 Å². The van der Waals surface area contributed by atoms with E-state index in [1.54, 1.807) is 6.07 Å². The van der Waals surface area contributed by atoms with Crippen LogP contribution in [-0.2, 0) is 4.74 Å². The molecule has 19 heavy (non-hydrogen) atoms. The summed E-state index contributed by atoms with van der Waals surface area (Å²) in [6.45, 7) is 7.20. The molecule has 106 valence electrons. The minimum Gasteiger partial charge on any atom is -0.465 e. The van der Waals surface area contributed by atoms with Crippen LogP contribution in [0.3, 0.4) is 0 Å². The predicted octanol–water partition coefficient (Wildman–Crippen LogP) is 3.21. The summed E-state index contributed by atoms with van der Waals surface area (Å²) in [4.78, 5) is 11.6. The van der Waals surface area contributed by atoms with E-state index in [1.165, 1.54) is 13.5 Å². The third-order valence-electron chi connectivity index (χ3n) is 3.08. The van der Waals surface area contributed by atoms with Crippen molar-refractivity contribution in [1.29, 1.82) is 0 Å². The van der Waals surface area contributed by atoms with Crippen LogP contribution in [0.2, 0.25) is 0 Å². The normalized spacial score (nSPS) is 10.6. The molecule has 0 saturated carbocycles. The molecule has 0 fully saturated rings. The molecule has 0 aliphatic rings. The first kappa shape index (κ1) is 15.3. The van der Waals surface area contributed by atoms with E-state index >= 15 is 0 Å². The number of benzene rings is 1. The molecule has 4 nitrogen and oxygen atoms in total. The highest BCUT2D eigenvalue weighted by Gasteiger charge is 2.13. The fraction of sp³-hybridized carbons (Fsp3) is 0.533. The van der Waals surface area contributed by atoms with Crippen molar-refractivity contribution < 1.29 is 9.53 Å². The summed E-state index contributed by atoms with van der Waals surface area (Å²) in [6.07, 6.45) is 2.29. The molecule has 1 aromatic carbocycles. The lowest BCUT2D eigenvalue weighted by Crippen LogP contribution is -2.09. The summed E-state index contributed by atoms with van der Waals surface area (Å²) < 4.78 is 4.74. The summed E-state index contributed by atoms with van der Waals surface area (Å²) in [7, 11) is 1.36. The highest BCUT2D eigenvalue weighted by atomic mass is 16.5. The Morgan fingerprint density at radius 1 is 1.42 bits per heavy atom. The molecular weight excluding hydrogens is 240 g/mol. The number of carbonyl (C=O) groups excluding carboxylic acids is 1. The molecule has 0 saturated heterocycles. The van der Waals surface area contributed by atoms with Crippen molar-refractivity contribution in [3.8, 4) is 0 Å². The van der Waals surface area contributed by atoms with E-state index in [-0.39, 0.29) is 0 Å². The number of carbonyl (C=O) groups is 1. The van der Waals surface area contributed by atoms with Crippen LogP contribution in [-0.4, -0.2) is 19.6 Å². The van der Waals surface area contributed by atoms with Gasteiger partial charge in [-0.1, -0.05) is 13.8 Å². The SMILES string of the molecule is COC(=O)c1cc(NCCCC(C)C)cc(C)c1N. The smallest absolute Gasteiger partial charge is 0.340 e. The maximum absolute atomic E-state index is 11.6. The number of aryl methyl sites for hydroxylation is 1. The van der Waals surface area contributed by atoms with Crippen molar-refractivity contribution in [2.75, 3.05) is 24.7 Å². The molecule has 0 unspecified atom stereocenters. The number of nitrogens with one attached hydrogen (secondary N) is 1. The van der Waals surface area contributed by atoms with E-state index in [0.717, 1.165) is 24.2 Å². The van der Waals surface area contributed by atoms with E-state index in [1.807, 2.05) is 13.0 Å². The van der Waals surface area contributed by atoms with Crippen molar-refractivity contribution in [2.45, 2.75) is 33.6 Å². The molecule has 3 N–H and O–H groups in total. The molecule has 0 radical (unpaired) electrons. The van der Waals surface area contributed by atoms with E-state index < -0.39 is 5.97 Å². The fourth-order valence-electron chi connectivity index (χ4n) is 1.92. The number of anilines is 2. The second-order valence-corrected chi connectivity index (χ2v) is 5.21. The molecule has 0 aromatic heterocycles. The Kier molecular flexibility index (Phi) is 5.67. The predicted molar refractivity (Wildman–Crippen MR) is 79.5 cm³/mol. The van der Waals surface area contributed by atoms with Gasteiger partial charge in [-0.05, 0) is 43.4 Å². The largest absolute Gasteiger partial charge is 0.465 e. The number of hydrogen-bond acceptors (Lipinski definition) is 4. The van der Waals surface area contributed by atoms with Crippen molar-refractivity contribution in [3.63, 3.8) is 0 Å². The van der Waals surface area contributed by atoms with Gasteiger partial charge in [-0.3, -0.25) is 0 Å². The van der Waals surface area contributed by atoms with Crippen LogP contribution in [0.5, 0.6) is 0 Å². The lowest BCUT2D eigenvalue weighted by molar-refractivity contribution is 0.0602. The quantitative estimate of drug-likeness (QED) is 0.470. The summed E-state index contributed by atoms with van der Waals surface area (Å²) >= 11 is 0. The van der Waals surface area contributed by atoms with Crippen molar-refractivity contribution in [2.24, 2.45) is 5.92 Å². The van der Waals surface area contributed by atoms with Gasteiger partial charge in [-0.15, -0.1) is 0 Å². The zero-order chi connectivity index (χ0) is 14.4. The molecular formula is C15H24N2O2. The Hall–Kier alpha value is -1.71. The molecule has 1 rings (SSSR count). The number of esters is 1. The summed E-state index contributed by atoms with van der Waals surface area (Å²) in [5, 5.41) is 3.32. The van der Waals surface area contributed by atoms with Crippen LogP contribution < -0.4 is 11.1 Å². The van der Waals surface area contributed by atoms with Crippen LogP contribution in [0.1, 0.15) is 42.6 Å². The van der Waals surface area contributed by atoms with E-state index in [0.29, 0.717) is 17.2 Å². The fourth-order valence-corrected chi connectivity index (χ4v) is 1.92. The molecule has 0 aliphatic carbocycles. The van der Waals surface area contributed by atoms with Crippen LogP contribution >= 0.6 is 0 Å². The molecule has 0 bridgehead atoms. The molecule has 4 heteroatoms. The first-order valence-corrected chi connectivity index (χ1v) is 6.68. The van der Waals surface area contributed by atoms with Gasteiger partial charge in [0.15, 0.2) is 0 Å². The molecule has 0 spiro atoms. The second-order valence-electron chi connectivity index (χ2n) is 5.21. The minimum atomic E-state index is -0.397. The number of rotatable bonds is 6. The van der Waals surface area contributed by atoms with Crippen molar-refractivity contribution in [3.05, 3.63) is 23.3 Å². The number of ether oxygens (including phenoxy) is 1. The van der Waals surface area contributed by atoms with E-state index in [4.69, 9.17) is 10.5 Å². The lowest BCUT2D eigenvalue weighted by Gasteiger charge is -2.12. The Bertz CT molecular complexity index is 442. The highest BCUT2D eigenvalue weighted by Crippen LogP contribution is 2.23. The Balaban J connectivity index is 2.74. The molecule has 0 amide bonds. The maximum atomic E-state index is 11.6. The average Bonchev–Trinajstić information content (AvgIpc) is 2.37. The first-order chi connectivity index (χ1) is 8.95. The summed E-state index contributed by atoms with van der Waals surface area (Å²) in [5.74, 6) is 0.312. The number of methoxy groups -OCH3 is 1. The Morgan fingerprint density at radius 2 is 2.11 bits per heavy atom. The molecule has 0 heterocycles. The third kappa shape index (κ3) is 4.47. The molecule has 1 aromatic rings. The van der Waals surface area contributed by atoms with Crippen molar-refractivity contribution >= 4 is 17.3 Å². The Labute approximate surface area is 115 Å². The van der Waals surface area contributed by atoms with Gasteiger partial charge in [-0.2, -0.15) is 0 Å². The third-order valence-corrected chi connectivity index (χ3v) is 3.08. The summed E-state index contributed by atoms with van der Waals surface area (Å²) in [5.41, 5.74) is 8.60. The van der Waals surface area contributed by atoms with Crippen LogP contribution in [0, 0.1) is 12.8 Å². The Morgan fingerprint density at radius 3 is 2.68 bits per heavy atom. The molecule has 0 atom stereocenters. The van der Waals surface area contributed by atoms with E-state index in [2.05, 4.69) is 19.2 Å². The minimum absolute atomic E-state index is 0.397. The van der Waals surface area contributed by atoms with Gasteiger partial charge < -0.3 is 15.8 Å². The van der Waals surface area contributed by atoms with Crippen LogP contribution in [0.15, 0.2) is 12.1 Å². The maximum Gasteiger partial charge on any atom is 0.340 e. The zero-order valence-electron chi connectivity index (χ0n) is 12.2. The highest BCUT2D eigenvalue weighted by molar-refractivity contribution is 5.97. The van der Waals surface area contributed by atoms with Gasteiger partial charge in [0, 0.05) is 17.9 Å². The first-order valence-electron chi connectivity index (χ1n) is 6.68. The van der Waals surface area contributed by atoms with Gasteiger partial charge in [0.25, 0.3) is 0 Å². The summed E-state index contributed by atoms with van der Waals surface area (Å²) in [6, 6.07) is 3.71. The molecule has 0 aliphatic heterocycles. The van der Waals surface area contributed by atoms with Crippen LogP contribution in [0.4, 0.5) is 11.4 Å². The number of nitrogen functional groups attached to an aromatic ring is 1. The lowest BCUT2D eigenvalue weighted by atomic mass is 10.1. The van der Waals surface area contributed by atoms with E-state index in [9.17, 15) is 4.79 Å². The number of nitrogens with two attached hydrogens (primary N) is 1. The number of hydrogen-bond donors (Lipinski definition) is 2. The van der Waals surface area contributed by atoms with Gasteiger partial charge >= 0.3 is 5.97 Å². The average molecular weight is 264 g/mol. The van der Waals surface area contributed by atoms with Gasteiger partial charge in [-0.25, -0.2) is 4.79 Å². The zero-order valence-corrected chi connectivity index (χ0v) is 12.2. The standard InChI is InChI=1S/C15H24N2O2/c1-10(2)6-5-7-17-12-8-11(3)14(16)13(9-12)15(18)19-4/h8-10,17H,5-7,16H2,1-4H3. The van der Waals surface area contributed by atoms with Gasteiger partial charge in [0.1, 0.15) is 0 Å². The second kappa shape index (κ2) is 7.02.